The third-order valence-electron chi connectivity index (χ3n) is 4.22. The van der Waals surface area contributed by atoms with Gasteiger partial charge in [0.25, 0.3) is 0 Å². The molecule has 0 fully saturated rings. The first-order valence-electron chi connectivity index (χ1n) is 9.39. The third kappa shape index (κ3) is 5.90. The van der Waals surface area contributed by atoms with Crippen molar-refractivity contribution in [3.8, 4) is 5.75 Å². The normalized spacial score (nSPS) is 12.8. The van der Waals surface area contributed by atoms with E-state index in [0.29, 0.717) is 18.3 Å². The smallest absolute Gasteiger partial charge is 0.240 e. The lowest BCUT2D eigenvalue weighted by Crippen LogP contribution is -2.22. The molecule has 0 aliphatic rings. The fraction of sp³-hybridized carbons (Fsp3) is 0.273. The number of sulfonamides is 1. The molecule has 2 N–H and O–H groups in total. The molecule has 3 aromatic rings. The van der Waals surface area contributed by atoms with Crippen molar-refractivity contribution in [2.75, 3.05) is 6.61 Å². The molecular formula is C22H25NO4S2. The van der Waals surface area contributed by atoms with Crippen LogP contribution in [0.25, 0.3) is 0 Å². The van der Waals surface area contributed by atoms with Gasteiger partial charge in [0.2, 0.25) is 10.0 Å². The summed E-state index contributed by atoms with van der Waals surface area (Å²) in [6.07, 6.45) is -0.718. The Labute approximate surface area is 176 Å². The van der Waals surface area contributed by atoms with E-state index >= 15 is 0 Å². The Morgan fingerprint density at radius 1 is 1.00 bits per heavy atom. The fourth-order valence-electron chi connectivity index (χ4n) is 2.66. The van der Waals surface area contributed by atoms with Crippen LogP contribution in [0.4, 0.5) is 0 Å². The molecule has 29 heavy (non-hydrogen) atoms. The van der Waals surface area contributed by atoms with Crippen molar-refractivity contribution in [1.29, 1.82) is 0 Å². The maximum Gasteiger partial charge on any atom is 0.240 e. The predicted octanol–water partition coefficient (Wildman–Crippen LogP) is 4.34. The third-order valence-corrected chi connectivity index (χ3v) is 6.78. The average Bonchev–Trinajstić information content (AvgIpc) is 3.20. The van der Waals surface area contributed by atoms with Gasteiger partial charge in [0.1, 0.15) is 11.9 Å². The van der Waals surface area contributed by atoms with Crippen molar-refractivity contribution in [3.63, 3.8) is 0 Å². The molecule has 1 unspecified atom stereocenters. The van der Waals surface area contributed by atoms with Gasteiger partial charge in [-0.2, -0.15) is 0 Å². The van der Waals surface area contributed by atoms with Crippen LogP contribution in [0.5, 0.6) is 5.75 Å². The second-order valence-corrected chi connectivity index (χ2v) is 10.1. The summed E-state index contributed by atoms with van der Waals surface area (Å²) in [6, 6.07) is 19.4. The van der Waals surface area contributed by atoms with E-state index < -0.39 is 16.1 Å². The highest BCUT2D eigenvalue weighted by atomic mass is 32.2. The van der Waals surface area contributed by atoms with Gasteiger partial charge >= 0.3 is 0 Å². The Morgan fingerprint density at radius 3 is 2.34 bits per heavy atom. The fourth-order valence-corrected chi connectivity index (χ4v) is 4.73. The molecule has 0 saturated heterocycles. The second-order valence-electron chi connectivity index (χ2n) is 7.12. The van der Waals surface area contributed by atoms with Crippen LogP contribution in [0.3, 0.4) is 0 Å². The molecule has 7 heteroatoms. The van der Waals surface area contributed by atoms with Crippen LogP contribution in [0.15, 0.2) is 71.6 Å². The zero-order valence-electron chi connectivity index (χ0n) is 16.4. The van der Waals surface area contributed by atoms with Crippen LogP contribution in [0.2, 0.25) is 0 Å². The minimum atomic E-state index is -3.63. The van der Waals surface area contributed by atoms with Crippen molar-refractivity contribution < 1.29 is 18.3 Å². The molecule has 1 aromatic heterocycles. The van der Waals surface area contributed by atoms with Gasteiger partial charge in [-0.05, 0) is 47.9 Å². The molecule has 1 atom stereocenters. The second kappa shape index (κ2) is 9.54. The van der Waals surface area contributed by atoms with Crippen molar-refractivity contribution in [1.82, 2.24) is 4.72 Å². The molecule has 0 bridgehead atoms. The topological polar surface area (TPSA) is 75.6 Å². The first kappa shape index (κ1) is 21.5. The molecule has 0 saturated carbocycles. The Balaban J connectivity index is 1.61. The van der Waals surface area contributed by atoms with Gasteiger partial charge in [-0.3, -0.25) is 0 Å². The summed E-state index contributed by atoms with van der Waals surface area (Å²) in [5.41, 5.74) is 0.807. The van der Waals surface area contributed by atoms with E-state index in [4.69, 9.17) is 4.74 Å². The SMILES string of the molecule is CC(C)COc1ccc(S(=O)(=O)NCc2ccc(C(O)c3ccccc3)s2)cc1. The van der Waals surface area contributed by atoms with Gasteiger partial charge in [-0.25, -0.2) is 13.1 Å². The number of aliphatic hydroxyl groups is 1. The highest BCUT2D eigenvalue weighted by Gasteiger charge is 2.16. The Morgan fingerprint density at radius 2 is 1.69 bits per heavy atom. The molecule has 0 radical (unpaired) electrons. The van der Waals surface area contributed by atoms with Gasteiger partial charge in [-0.15, -0.1) is 11.3 Å². The van der Waals surface area contributed by atoms with Crippen LogP contribution < -0.4 is 9.46 Å². The summed E-state index contributed by atoms with van der Waals surface area (Å²) in [5, 5.41) is 10.5. The summed E-state index contributed by atoms with van der Waals surface area (Å²) in [5.74, 6) is 1.05. The average molecular weight is 432 g/mol. The molecule has 154 valence electrons. The first-order chi connectivity index (χ1) is 13.8. The van der Waals surface area contributed by atoms with Crippen molar-refractivity contribution in [2.24, 2.45) is 5.92 Å². The highest BCUT2D eigenvalue weighted by molar-refractivity contribution is 7.89. The zero-order valence-corrected chi connectivity index (χ0v) is 18.0. The number of aliphatic hydroxyl groups excluding tert-OH is 1. The van der Waals surface area contributed by atoms with Crippen LogP contribution in [0, 0.1) is 5.92 Å². The molecule has 0 spiro atoms. The van der Waals surface area contributed by atoms with Crippen LogP contribution in [0.1, 0.15) is 35.3 Å². The minimum absolute atomic E-state index is 0.167. The van der Waals surface area contributed by atoms with E-state index in [2.05, 4.69) is 18.6 Å². The Hall–Kier alpha value is -2.19. The summed E-state index contributed by atoms with van der Waals surface area (Å²) in [7, 11) is -3.63. The van der Waals surface area contributed by atoms with E-state index in [1.165, 1.54) is 23.5 Å². The molecule has 1 heterocycles. The molecule has 5 nitrogen and oxygen atoms in total. The van der Waals surface area contributed by atoms with Gasteiger partial charge in [0.05, 0.1) is 11.5 Å². The van der Waals surface area contributed by atoms with Crippen LogP contribution in [-0.4, -0.2) is 20.1 Å². The standard InChI is InChI=1S/C22H25NO4S2/c1-16(2)15-27-18-8-11-20(12-9-18)29(25,26)23-14-19-10-13-21(28-19)22(24)17-6-4-3-5-7-17/h3-13,16,22-24H,14-15H2,1-2H3. The zero-order chi connectivity index (χ0) is 20.9. The summed E-state index contributed by atoms with van der Waals surface area (Å²) in [6.45, 7) is 4.86. The Kier molecular flexibility index (Phi) is 7.08. The van der Waals surface area contributed by atoms with Gasteiger partial charge in [-0.1, -0.05) is 44.2 Å². The van der Waals surface area contributed by atoms with Crippen LogP contribution in [-0.2, 0) is 16.6 Å². The number of thiophene rings is 1. The molecule has 2 aromatic carbocycles. The molecule has 0 aliphatic heterocycles. The number of benzene rings is 2. The number of rotatable bonds is 9. The summed E-state index contributed by atoms with van der Waals surface area (Å²) < 4.78 is 33.3. The maximum absolute atomic E-state index is 12.5. The Bertz CT molecular complexity index is 1010. The van der Waals surface area contributed by atoms with Crippen molar-refractivity contribution in [2.45, 2.75) is 31.4 Å². The largest absolute Gasteiger partial charge is 0.493 e. The summed E-state index contributed by atoms with van der Waals surface area (Å²) in [4.78, 5) is 1.79. The van der Waals surface area contributed by atoms with E-state index in [-0.39, 0.29) is 11.4 Å². The van der Waals surface area contributed by atoms with Crippen molar-refractivity contribution >= 4 is 21.4 Å². The molecular weight excluding hydrogens is 406 g/mol. The number of nitrogens with one attached hydrogen (secondary N) is 1. The molecule has 3 rings (SSSR count). The van der Waals surface area contributed by atoms with E-state index in [0.717, 1.165) is 15.3 Å². The van der Waals surface area contributed by atoms with E-state index in [1.54, 1.807) is 12.1 Å². The molecule has 0 amide bonds. The van der Waals surface area contributed by atoms with E-state index in [1.807, 2.05) is 42.5 Å². The van der Waals surface area contributed by atoms with Crippen molar-refractivity contribution in [3.05, 3.63) is 82.0 Å². The molecule has 0 aliphatic carbocycles. The van der Waals surface area contributed by atoms with Gasteiger partial charge in [0, 0.05) is 16.3 Å². The van der Waals surface area contributed by atoms with Gasteiger partial charge in [0.15, 0.2) is 0 Å². The predicted molar refractivity (Wildman–Crippen MR) is 116 cm³/mol. The lowest BCUT2D eigenvalue weighted by Gasteiger charge is -2.10. The first-order valence-corrected chi connectivity index (χ1v) is 11.7. The summed E-state index contributed by atoms with van der Waals surface area (Å²) >= 11 is 1.39. The highest BCUT2D eigenvalue weighted by Crippen LogP contribution is 2.28. The number of hydrogen-bond donors (Lipinski definition) is 2. The minimum Gasteiger partial charge on any atom is -0.493 e. The number of ether oxygens (including phenoxy) is 1. The quantitative estimate of drug-likeness (QED) is 0.528. The van der Waals surface area contributed by atoms with E-state index in [9.17, 15) is 13.5 Å². The van der Waals surface area contributed by atoms with Gasteiger partial charge < -0.3 is 9.84 Å². The lowest BCUT2D eigenvalue weighted by atomic mass is 10.1. The lowest BCUT2D eigenvalue weighted by molar-refractivity contribution is 0.224. The monoisotopic (exact) mass is 431 g/mol. The van der Waals surface area contributed by atoms with Crippen LogP contribution >= 0.6 is 11.3 Å². The maximum atomic E-state index is 12.5. The number of hydrogen-bond acceptors (Lipinski definition) is 5.